The number of anilines is 1. The number of halogens is 3. The maximum atomic E-state index is 13.0. The monoisotopic (exact) mass is 359 g/mol. The molecule has 0 fully saturated rings. The van der Waals surface area contributed by atoms with E-state index in [-0.39, 0.29) is 0 Å². The smallest absolute Gasteiger partial charge is 0.321 e. The van der Waals surface area contributed by atoms with E-state index in [0.29, 0.717) is 11.6 Å². The summed E-state index contributed by atoms with van der Waals surface area (Å²) in [6.07, 6.45) is -0.746. The molecule has 2 rings (SSSR count). The number of carbonyl (C=O) groups excluding carboxylic acids is 1. The van der Waals surface area contributed by atoms with E-state index in [2.05, 4.69) is 24.3 Å². The molecule has 0 unspecified atom stereocenters. The van der Waals surface area contributed by atoms with Crippen LogP contribution < -0.4 is 5.32 Å². The zero-order valence-corrected chi connectivity index (χ0v) is 14.6. The summed E-state index contributed by atoms with van der Waals surface area (Å²) >= 11 is 1.50. The van der Waals surface area contributed by atoms with Gasteiger partial charge in [0.15, 0.2) is 5.69 Å². The van der Waals surface area contributed by atoms with Gasteiger partial charge in [0.2, 0.25) is 0 Å². The normalized spacial score (nSPS) is 12.0. The third-order valence-electron chi connectivity index (χ3n) is 3.52. The van der Waals surface area contributed by atoms with Gasteiger partial charge in [0.05, 0.1) is 11.3 Å². The number of amides is 1. The average molecular weight is 359 g/mol. The van der Waals surface area contributed by atoms with E-state index in [1.165, 1.54) is 18.4 Å². The number of rotatable bonds is 6. The third-order valence-corrected chi connectivity index (χ3v) is 4.50. The van der Waals surface area contributed by atoms with Gasteiger partial charge in [-0.1, -0.05) is 20.3 Å². The van der Waals surface area contributed by atoms with Crippen LogP contribution in [0.1, 0.15) is 47.6 Å². The summed E-state index contributed by atoms with van der Waals surface area (Å²) in [4.78, 5) is 13.2. The van der Waals surface area contributed by atoms with Gasteiger partial charge in [0, 0.05) is 18.1 Å². The van der Waals surface area contributed by atoms with Crippen molar-refractivity contribution in [1.29, 1.82) is 0 Å². The standard InChI is InChI=1S/C16H20F3N3OS/c1-10(2)5-4-6-13-12(7-8-24-13)20-15(23)11-9-22(3)21-14(11)16(17,18)19/h7-10H,4-6H2,1-3H3,(H,20,23). The van der Waals surface area contributed by atoms with Crippen molar-refractivity contribution in [3.63, 3.8) is 0 Å². The molecule has 4 nitrogen and oxygen atoms in total. The van der Waals surface area contributed by atoms with Gasteiger partial charge in [-0.2, -0.15) is 18.3 Å². The largest absolute Gasteiger partial charge is 0.435 e. The Kier molecular flexibility index (Phi) is 5.69. The molecule has 0 saturated heterocycles. The highest BCUT2D eigenvalue weighted by Gasteiger charge is 2.39. The number of nitrogens with zero attached hydrogens (tertiary/aromatic N) is 2. The minimum atomic E-state index is -4.66. The minimum Gasteiger partial charge on any atom is -0.321 e. The molecule has 0 aliphatic heterocycles. The predicted octanol–water partition coefficient (Wildman–Crippen LogP) is 4.73. The van der Waals surface area contributed by atoms with Gasteiger partial charge < -0.3 is 5.32 Å². The Morgan fingerprint density at radius 3 is 2.75 bits per heavy atom. The number of nitrogens with one attached hydrogen (secondary N) is 1. The van der Waals surface area contributed by atoms with Crippen LogP contribution in [0.2, 0.25) is 0 Å². The van der Waals surface area contributed by atoms with Gasteiger partial charge in [0.25, 0.3) is 5.91 Å². The van der Waals surface area contributed by atoms with Crippen LogP contribution in [0.15, 0.2) is 17.6 Å². The van der Waals surface area contributed by atoms with E-state index in [1.54, 1.807) is 6.07 Å². The molecule has 0 aliphatic rings. The Labute approximate surface area is 142 Å². The summed E-state index contributed by atoms with van der Waals surface area (Å²) in [6.45, 7) is 4.27. The van der Waals surface area contributed by atoms with Crippen LogP contribution in [-0.4, -0.2) is 15.7 Å². The van der Waals surface area contributed by atoms with Gasteiger partial charge in [0.1, 0.15) is 0 Å². The van der Waals surface area contributed by atoms with Crippen LogP contribution in [0.3, 0.4) is 0 Å². The van der Waals surface area contributed by atoms with E-state index in [4.69, 9.17) is 0 Å². The molecule has 0 aromatic carbocycles. The molecule has 0 radical (unpaired) electrons. The molecule has 132 valence electrons. The van der Waals surface area contributed by atoms with Gasteiger partial charge in [-0.05, 0) is 30.2 Å². The zero-order valence-electron chi connectivity index (χ0n) is 13.8. The fourth-order valence-corrected chi connectivity index (χ4v) is 3.25. The summed E-state index contributed by atoms with van der Waals surface area (Å²) in [5.74, 6) is -0.202. The second-order valence-corrected chi connectivity index (χ2v) is 7.06. The van der Waals surface area contributed by atoms with E-state index >= 15 is 0 Å². The van der Waals surface area contributed by atoms with E-state index in [0.717, 1.165) is 35.0 Å². The second kappa shape index (κ2) is 7.38. The van der Waals surface area contributed by atoms with Gasteiger partial charge >= 0.3 is 6.18 Å². The number of aryl methyl sites for hydroxylation is 2. The first-order chi connectivity index (χ1) is 11.2. The van der Waals surface area contributed by atoms with Gasteiger partial charge in [-0.3, -0.25) is 9.48 Å². The van der Waals surface area contributed by atoms with E-state index in [1.807, 2.05) is 5.38 Å². The van der Waals surface area contributed by atoms with Crippen LogP contribution in [-0.2, 0) is 19.6 Å². The van der Waals surface area contributed by atoms with Crippen molar-refractivity contribution < 1.29 is 18.0 Å². The SMILES string of the molecule is CC(C)CCCc1sccc1NC(=O)c1cn(C)nc1C(F)(F)F. The minimum absolute atomic E-state index is 0.468. The summed E-state index contributed by atoms with van der Waals surface area (Å²) in [5.41, 5.74) is -1.06. The molecule has 0 bridgehead atoms. The Morgan fingerprint density at radius 2 is 2.12 bits per heavy atom. The summed E-state index contributed by atoms with van der Waals surface area (Å²) in [5, 5.41) is 7.77. The van der Waals surface area contributed by atoms with Crippen LogP contribution in [0.25, 0.3) is 0 Å². The molecule has 2 aromatic rings. The molecule has 1 amide bonds. The molecule has 0 aliphatic carbocycles. The van der Waals surface area contributed by atoms with Gasteiger partial charge in [-0.25, -0.2) is 0 Å². The molecule has 2 aromatic heterocycles. The molecule has 0 atom stereocenters. The highest BCUT2D eigenvalue weighted by Crippen LogP contribution is 2.31. The Morgan fingerprint density at radius 1 is 1.42 bits per heavy atom. The molecule has 2 heterocycles. The van der Waals surface area contributed by atoms with Crippen molar-refractivity contribution in [2.75, 3.05) is 5.32 Å². The van der Waals surface area contributed by atoms with Crippen molar-refractivity contribution in [2.45, 2.75) is 39.3 Å². The van der Waals surface area contributed by atoms with Crippen molar-refractivity contribution in [2.24, 2.45) is 13.0 Å². The first-order valence-corrected chi connectivity index (χ1v) is 8.55. The lowest BCUT2D eigenvalue weighted by atomic mass is 10.1. The number of hydrogen-bond acceptors (Lipinski definition) is 3. The lowest BCUT2D eigenvalue weighted by molar-refractivity contribution is -0.141. The fraction of sp³-hybridized carbons (Fsp3) is 0.500. The first-order valence-electron chi connectivity index (χ1n) is 7.67. The van der Waals surface area contributed by atoms with Crippen LogP contribution in [0, 0.1) is 5.92 Å². The van der Waals surface area contributed by atoms with Gasteiger partial charge in [-0.15, -0.1) is 11.3 Å². The second-order valence-electron chi connectivity index (χ2n) is 6.06. The average Bonchev–Trinajstić information content (AvgIpc) is 3.05. The molecule has 1 N–H and O–H groups in total. The lowest BCUT2D eigenvalue weighted by Crippen LogP contribution is -2.18. The maximum absolute atomic E-state index is 13.0. The van der Waals surface area contributed by atoms with Crippen LogP contribution in [0.4, 0.5) is 18.9 Å². The van der Waals surface area contributed by atoms with Crippen molar-refractivity contribution in [1.82, 2.24) is 9.78 Å². The summed E-state index contributed by atoms with van der Waals surface area (Å²) < 4.78 is 39.9. The van der Waals surface area contributed by atoms with Crippen molar-refractivity contribution in [3.8, 4) is 0 Å². The zero-order chi connectivity index (χ0) is 17.9. The quantitative estimate of drug-likeness (QED) is 0.810. The fourth-order valence-electron chi connectivity index (χ4n) is 2.37. The van der Waals surface area contributed by atoms with E-state index in [9.17, 15) is 18.0 Å². The van der Waals surface area contributed by atoms with Crippen LogP contribution >= 0.6 is 11.3 Å². The Hall–Kier alpha value is -1.83. The summed E-state index contributed by atoms with van der Waals surface area (Å²) in [7, 11) is 1.36. The van der Waals surface area contributed by atoms with Crippen LogP contribution in [0.5, 0.6) is 0 Å². The molecule has 0 saturated carbocycles. The number of thiophene rings is 1. The number of carbonyl (C=O) groups is 1. The topological polar surface area (TPSA) is 46.9 Å². The first kappa shape index (κ1) is 18.5. The highest BCUT2D eigenvalue weighted by molar-refractivity contribution is 7.10. The van der Waals surface area contributed by atoms with E-state index < -0.39 is 23.3 Å². The third kappa shape index (κ3) is 4.59. The maximum Gasteiger partial charge on any atom is 0.435 e. The number of hydrogen-bond donors (Lipinski definition) is 1. The van der Waals surface area contributed by atoms with Crippen molar-refractivity contribution in [3.05, 3.63) is 33.8 Å². The molecule has 24 heavy (non-hydrogen) atoms. The van der Waals surface area contributed by atoms with Crippen molar-refractivity contribution >= 4 is 22.9 Å². The Bertz CT molecular complexity index is 704. The molecule has 8 heteroatoms. The number of aromatic nitrogens is 2. The molecular formula is C16H20F3N3OS. The number of alkyl halides is 3. The summed E-state index contributed by atoms with van der Waals surface area (Å²) in [6, 6.07) is 1.72. The predicted molar refractivity (Wildman–Crippen MR) is 88.3 cm³/mol. The Balaban J connectivity index is 2.13. The lowest BCUT2D eigenvalue weighted by Gasteiger charge is -2.09. The molecule has 0 spiro atoms. The molecular weight excluding hydrogens is 339 g/mol. The highest BCUT2D eigenvalue weighted by atomic mass is 32.1.